The fraction of sp³-hybridized carbons (Fsp3) is 0.222. The zero-order chi connectivity index (χ0) is 25.6. The van der Waals surface area contributed by atoms with Gasteiger partial charge in [-0.3, -0.25) is 0 Å². The quantitative estimate of drug-likeness (QED) is 0.157. The monoisotopic (exact) mass is 439 g/mol. The van der Waals surface area contributed by atoms with E-state index in [1.165, 1.54) is 24.8 Å². The third-order valence-corrected chi connectivity index (χ3v) is 2.74. The molecule has 32 heavy (non-hydrogen) atoms. The molecule has 0 heterocycles. The summed E-state index contributed by atoms with van der Waals surface area (Å²) in [6.07, 6.45) is 9.44. The molecule has 0 bridgehead atoms. The van der Waals surface area contributed by atoms with Crippen molar-refractivity contribution in [1.82, 2.24) is 0 Å². The Morgan fingerprint density at radius 2 is 1.56 bits per heavy atom. The van der Waals surface area contributed by atoms with Crippen molar-refractivity contribution in [2.24, 2.45) is 0 Å². The third kappa shape index (κ3) is 36.9. The molecule has 1 aromatic carbocycles. The summed E-state index contributed by atoms with van der Waals surface area (Å²) >= 11 is 0. The van der Waals surface area contributed by atoms with Crippen LogP contribution in [0.3, 0.4) is 0 Å². The number of unbranched alkanes of at least 4 members (excludes halogenated alkanes) is 1. The molecule has 0 spiro atoms. The summed E-state index contributed by atoms with van der Waals surface area (Å²) in [5.74, 6) is -0.677. The van der Waals surface area contributed by atoms with E-state index in [9.17, 15) is 9.59 Å². The molecule has 0 saturated heterocycles. The van der Waals surface area contributed by atoms with Crippen LogP contribution in [0.15, 0.2) is 99.7 Å². The van der Waals surface area contributed by atoms with Crippen LogP contribution in [0, 0.1) is 11.3 Å². The van der Waals surface area contributed by atoms with Gasteiger partial charge < -0.3 is 9.47 Å². The smallest absolute Gasteiger partial charge is 0.332 e. The lowest BCUT2D eigenvalue weighted by atomic mass is 10.2. The van der Waals surface area contributed by atoms with Gasteiger partial charge >= 0.3 is 11.9 Å². The molecule has 0 N–H and O–H groups in total. The maximum atomic E-state index is 10.3. The summed E-state index contributed by atoms with van der Waals surface area (Å²) in [6.45, 7) is 24.2. The van der Waals surface area contributed by atoms with Gasteiger partial charge in [-0.1, -0.05) is 101 Å². The Morgan fingerprint density at radius 1 is 1.06 bits per heavy atom. The minimum Gasteiger partial charge on any atom is -0.466 e. The first-order valence-electron chi connectivity index (χ1n) is 9.70. The van der Waals surface area contributed by atoms with Crippen LogP contribution in [0.2, 0.25) is 0 Å². The van der Waals surface area contributed by atoms with Crippen molar-refractivity contribution < 1.29 is 19.1 Å². The Morgan fingerprint density at radius 3 is 1.78 bits per heavy atom. The predicted molar refractivity (Wildman–Crippen MR) is 136 cm³/mol. The number of methoxy groups -OCH3 is 1. The van der Waals surface area contributed by atoms with Crippen molar-refractivity contribution in [3.63, 3.8) is 0 Å². The summed E-state index contributed by atoms with van der Waals surface area (Å²) < 4.78 is 8.95. The molecule has 5 heteroatoms. The van der Waals surface area contributed by atoms with Gasteiger partial charge in [-0.2, -0.15) is 5.26 Å². The highest BCUT2D eigenvalue weighted by Gasteiger charge is 1.95. The van der Waals surface area contributed by atoms with Crippen LogP contribution in [0.25, 0.3) is 6.08 Å². The molecule has 0 saturated carbocycles. The van der Waals surface area contributed by atoms with Crippen molar-refractivity contribution in [1.29, 1.82) is 5.26 Å². The van der Waals surface area contributed by atoms with E-state index in [-0.39, 0.29) is 11.9 Å². The van der Waals surface area contributed by atoms with Crippen LogP contribution in [-0.4, -0.2) is 25.7 Å². The lowest BCUT2D eigenvalue weighted by molar-refractivity contribution is -0.138. The van der Waals surface area contributed by atoms with E-state index >= 15 is 0 Å². The molecule has 0 fully saturated rings. The summed E-state index contributed by atoms with van der Waals surface area (Å²) in [6, 6.07) is 11.7. The number of esters is 2. The molecule has 0 aliphatic heterocycles. The Kier molecular flexibility index (Phi) is 35.3. The van der Waals surface area contributed by atoms with Crippen LogP contribution in [-0.2, 0) is 19.1 Å². The number of carbonyl (C=O) groups is 2. The number of allylic oxidation sites excluding steroid dienone is 3. The predicted octanol–water partition coefficient (Wildman–Crippen LogP) is 6.64. The maximum Gasteiger partial charge on any atom is 0.332 e. The second-order valence-electron chi connectivity index (χ2n) is 5.42. The van der Waals surface area contributed by atoms with Crippen molar-refractivity contribution in [2.45, 2.75) is 26.7 Å². The Labute approximate surface area is 194 Å². The van der Waals surface area contributed by atoms with E-state index < -0.39 is 0 Å². The number of carbonyl (C=O) groups excluding carboxylic acids is 2. The van der Waals surface area contributed by atoms with E-state index in [0.29, 0.717) is 12.2 Å². The number of nitrogens with zero attached hydrogens (tertiary/aromatic N) is 1. The highest BCUT2D eigenvalue weighted by atomic mass is 16.5. The van der Waals surface area contributed by atoms with Crippen molar-refractivity contribution in [2.75, 3.05) is 13.7 Å². The molecule has 1 rings (SSSR count). The molecule has 0 aromatic heterocycles. The zero-order valence-corrected chi connectivity index (χ0v) is 19.7. The fourth-order valence-electron chi connectivity index (χ4n) is 1.14. The molecule has 0 amide bonds. The number of rotatable bonds is 7. The molecular weight excluding hydrogens is 402 g/mol. The summed E-state index contributed by atoms with van der Waals surface area (Å²) in [5.41, 5.74) is 1.61. The minimum atomic E-state index is -0.347. The van der Waals surface area contributed by atoms with E-state index in [4.69, 9.17) is 5.26 Å². The van der Waals surface area contributed by atoms with Gasteiger partial charge in [0, 0.05) is 17.7 Å². The topological polar surface area (TPSA) is 76.4 Å². The van der Waals surface area contributed by atoms with Crippen molar-refractivity contribution >= 4 is 18.0 Å². The Bertz CT molecular complexity index is 707. The van der Waals surface area contributed by atoms with E-state index in [1.807, 2.05) is 43.3 Å². The number of ether oxygens (including phenoxy) is 2. The highest BCUT2D eigenvalue weighted by Crippen LogP contribution is 1.97. The first-order valence-corrected chi connectivity index (χ1v) is 9.70. The minimum absolute atomic E-state index is 0.330. The summed E-state index contributed by atoms with van der Waals surface area (Å²) in [4.78, 5) is 20.5. The average Bonchev–Trinajstić information content (AvgIpc) is 2.84. The largest absolute Gasteiger partial charge is 0.466 e. The van der Waals surface area contributed by atoms with Gasteiger partial charge in [-0.15, -0.1) is 0 Å². The molecule has 0 unspecified atom stereocenters. The number of benzene rings is 1. The van der Waals surface area contributed by atoms with Crippen LogP contribution >= 0.6 is 0 Å². The van der Waals surface area contributed by atoms with Gasteiger partial charge in [-0.25, -0.2) is 9.59 Å². The van der Waals surface area contributed by atoms with Gasteiger partial charge in [0.15, 0.2) is 0 Å². The number of nitriles is 1. The molecule has 5 nitrogen and oxygen atoms in total. The first kappa shape index (κ1) is 35.5. The van der Waals surface area contributed by atoms with Gasteiger partial charge in [0.1, 0.15) is 0 Å². The Balaban J connectivity index is -0.000000159. The zero-order valence-electron chi connectivity index (χ0n) is 19.7. The van der Waals surface area contributed by atoms with Crippen LogP contribution in [0.4, 0.5) is 0 Å². The maximum absolute atomic E-state index is 10.3. The third-order valence-electron chi connectivity index (χ3n) is 2.74. The molecular formula is C27H37NO4. The molecule has 0 aliphatic rings. The SMILES string of the molecule is C=C(C)C(=O)OC.C=CC#N.C=CC(=O)OCCCC.C=CC=C.C=Cc1ccccc1. The van der Waals surface area contributed by atoms with Crippen LogP contribution in [0.5, 0.6) is 0 Å². The van der Waals surface area contributed by atoms with Gasteiger partial charge in [-0.05, 0) is 18.9 Å². The molecule has 174 valence electrons. The molecule has 0 radical (unpaired) electrons. The number of hydrogen-bond donors (Lipinski definition) is 0. The van der Waals surface area contributed by atoms with Crippen LogP contribution < -0.4 is 0 Å². The van der Waals surface area contributed by atoms with E-state index in [1.54, 1.807) is 25.1 Å². The standard InChI is InChI=1S/C8H8.C7H12O2.C5H8O2.C4H6.C3H3N/c1-2-8-6-4-3-5-7-8;1-3-5-6-9-7(8)4-2;1-4(2)5(6)7-3;1-3-4-2;1-2-3-4/h2-7H,1H2;4H,2-3,5-6H2,1H3;1H2,2-3H3;3-4H,1-2H2;2H,1H2. The lowest BCUT2D eigenvalue weighted by Crippen LogP contribution is -2.00. The average molecular weight is 440 g/mol. The molecule has 0 atom stereocenters. The van der Waals surface area contributed by atoms with Gasteiger partial charge in [0.2, 0.25) is 0 Å². The Hall–Kier alpha value is -3.91. The normalized spacial score (nSPS) is 7.31. The van der Waals surface area contributed by atoms with E-state index in [0.717, 1.165) is 12.8 Å². The van der Waals surface area contributed by atoms with Crippen molar-refractivity contribution in [3.8, 4) is 6.07 Å². The second kappa shape index (κ2) is 31.8. The number of hydrogen-bond acceptors (Lipinski definition) is 5. The molecule has 0 aliphatic carbocycles. The lowest BCUT2D eigenvalue weighted by Gasteiger charge is -1.97. The van der Waals surface area contributed by atoms with Crippen LogP contribution in [0.1, 0.15) is 32.3 Å². The van der Waals surface area contributed by atoms with E-state index in [2.05, 4.69) is 48.9 Å². The van der Waals surface area contributed by atoms with Gasteiger partial charge in [0.25, 0.3) is 0 Å². The summed E-state index contributed by atoms with van der Waals surface area (Å²) in [5, 5.41) is 7.51. The second-order valence-corrected chi connectivity index (χ2v) is 5.42. The van der Waals surface area contributed by atoms with Gasteiger partial charge in [0.05, 0.1) is 19.8 Å². The van der Waals surface area contributed by atoms with Crippen molar-refractivity contribution in [3.05, 3.63) is 105 Å². The fourth-order valence-corrected chi connectivity index (χ4v) is 1.14. The summed E-state index contributed by atoms with van der Waals surface area (Å²) in [7, 11) is 1.33. The molecule has 1 aromatic rings. The highest BCUT2D eigenvalue weighted by molar-refractivity contribution is 5.86. The first-order chi connectivity index (χ1) is 15.2.